The van der Waals surface area contributed by atoms with E-state index >= 15 is 0 Å². The van der Waals surface area contributed by atoms with Crippen LogP contribution in [-0.4, -0.2) is 124 Å². The van der Waals surface area contributed by atoms with Crippen LogP contribution in [0.3, 0.4) is 0 Å². The number of aryl methyl sites for hydroxylation is 1. The van der Waals surface area contributed by atoms with Crippen LogP contribution in [-0.2, 0) is 64.6 Å². The molecule has 1 amide bonds. The van der Waals surface area contributed by atoms with Gasteiger partial charge in [-0.1, -0.05) is 71.1 Å². The Bertz CT molecular complexity index is 2980. The molecule has 21 nitrogen and oxygen atoms in total. The molecule has 28 heteroatoms. The molecule has 3 aliphatic rings. The van der Waals surface area contributed by atoms with Gasteiger partial charge in [0.2, 0.25) is 6.54 Å². The highest BCUT2D eigenvalue weighted by molar-refractivity contribution is 8.07. The first-order valence-corrected chi connectivity index (χ1v) is 34.6. The van der Waals surface area contributed by atoms with Crippen LogP contribution < -0.4 is 10.2 Å². The van der Waals surface area contributed by atoms with Gasteiger partial charge in [0.05, 0.1) is 25.2 Å². The molecule has 4 aromatic heterocycles. The van der Waals surface area contributed by atoms with E-state index in [0.717, 1.165) is 11.3 Å². The molecule has 3 saturated heterocycles. The predicted octanol–water partition coefficient (Wildman–Crippen LogP) is 8.02. The third-order valence-corrected chi connectivity index (χ3v) is 27.4. The maximum Gasteiger partial charge on any atom is 0.328 e. The summed E-state index contributed by atoms with van der Waals surface area (Å²) in [4.78, 5) is 65.3. The number of hydrogen-bond donors (Lipinski definition) is 2. The molecule has 0 radical (unpaired) electrons. The van der Waals surface area contributed by atoms with Crippen LogP contribution in [0.25, 0.3) is 26.4 Å². The van der Waals surface area contributed by atoms with E-state index in [1.54, 1.807) is 41.2 Å². The van der Waals surface area contributed by atoms with E-state index in [2.05, 4.69) is 89.7 Å². The number of ether oxygens (including phenoxy) is 2. The van der Waals surface area contributed by atoms with Crippen LogP contribution in [0.5, 0.6) is 0 Å². The zero-order valence-corrected chi connectivity index (χ0v) is 47.4. The number of hydrogen-bond acceptors (Lipinski definition) is 19. The first-order chi connectivity index (χ1) is 33.2. The molecular formula is C43H59N9O12P2S3Si2. The Hall–Kier alpha value is -3.17. The summed E-state index contributed by atoms with van der Waals surface area (Å²) in [6, 6.07) is 8.58. The molecule has 0 aliphatic carbocycles. The quantitative estimate of drug-likeness (QED) is 0.0552. The number of fused-ring (bicyclic) bond motifs is 5. The lowest BCUT2D eigenvalue weighted by atomic mass is 10.1. The van der Waals surface area contributed by atoms with Crippen molar-refractivity contribution in [2.75, 3.05) is 31.7 Å². The molecular weight excluding hydrogens is 1050 g/mol. The Morgan fingerprint density at radius 3 is 2.20 bits per heavy atom. The van der Waals surface area contributed by atoms with Crippen LogP contribution in [0.4, 0.5) is 5.82 Å². The number of rotatable bonds is 11. The van der Waals surface area contributed by atoms with Crippen molar-refractivity contribution < 1.29 is 50.6 Å². The first-order valence-electron chi connectivity index (χ1n) is 22.8. The number of nitrogens with zero attached hydrogens (tertiary/aromatic N) is 8. The highest BCUT2D eigenvalue weighted by Gasteiger charge is 2.57. The van der Waals surface area contributed by atoms with Gasteiger partial charge in [-0.15, -0.1) is 0 Å². The van der Waals surface area contributed by atoms with Gasteiger partial charge < -0.3 is 47.0 Å². The number of aromatic nitrogens is 7. The van der Waals surface area contributed by atoms with Crippen LogP contribution >= 0.6 is 24.8 Å². The smallest absolute Gasteiger partial charge is 0.328 e. The fraction of sp³-hybridized carbons (Fsp3) is 0.581. The normalized spacial score (nSPS) is 29.0. The van der Waals surface area contributed by atoms with Crippen molar-refractivity contribution in [3.63, 3.8) is 0 Å². The number of benzene rings is 1. The second kappa shape index (κ2) is 20.5. The average molecular weight is 1110 g/mol. The van der Waals surface area contributed by atoms with Gasteiger partial charge in [0.25, 0.3) is 5.91 Å². The zero-order valence-electron chi connectivity index (χ0n) is 41.2. The van der Waals surface area contributed by atoms with E-state index in [1.165, 1.54) is 17.2 Å². The number of anilines is 1. The largest absolute Gasteiger partial charge is 0.408 e. The highest BCUT2D eigenvalue weighted by atomic mass is 32.5. The summed E-state index contributed by atoms with van der Waals surface area (Å²) in [5.41, 5.74) is 2.12. The molecule has 0 spiro atoms. The fourth-order valence-corrected chi connectivity index (χ4v) is 14.7. The summed E-state index contributed by atoms with van der Waals surface area (Å²) in [6.07, 6.45) is -4.70. The summed E-state index contributed by atoms with van der Waals surface area (Å²) in [6.45, 7) is 20.7. The monoisotopic (exact) mass is 1110 g/mol. The van der Waals surface area contributed by atoms with Gasteiger partial charge in [-0.2, -0.15) is 0 Å². The van der Waals surface area contributed by atoms with E-state index in [0.29, 0.717) is 22.4 Å². The maximum atomic E-state index is 14.4. The molecule has 2 N–H and O–H groups in total. The van der Waals surface area contributed by atoms with Crippen molar-refractivity contribution in [2.45, 2.75) is 134 Å². The lowest BCUT2D eigenvalue weighted by molar-refractivity contribution is -0.0621. The van der Waals surface area contributed by atoms with Crippen LogP contribution in [0.15, 0.2) is 54.1 Å². The first kappa shape index (κ1) is 54.1. The minimum atomic E-state index is -4.32. The Kier molecular flexibility index (Phi) is 15.6. The highest BCUT2D eigenvalue weighted by Crippen LogP contribution is 2.58. The number of carbonyl (C=O) groups is 1. The molecule has 8 rings (SSSR count). The third kappa shape index (κ3) is 11.3. The Morgan fingerprint density at radius 2 is 1.52 bits per heavy atom. The van der Waals surface area contributed by atoms with Gasteiger partial charge in [-0.05, 0) is 78.9 Å². The van der Waals surface area contributed by atoms with Gasteiger partial charge in [-0.25, -0.2) is 31.5 Å². The second-order valence-electron chi connectivity index (χ2n) is 20.4. The Labute approximate surface area is 427 Å². The SMILES string of the molecule is [C-]#[N+]CCOP1(=S)OC[C@H]2O[C@@H](n3c(=O)sc4c(NC(=O)c5ccccc5)ncnc43)[C@H](O[Si](C)(C)C(C)(C)C)[C@@H]2OP(O)(=S)OC[C@H]2O[C@@H](n3cnc4c(C)ncnc43)[C@H](O1)[C@@H]2O[Si](C)(C)C(C)(C)C. The minimum absolute atomic E-state index is 0.0636. The molecule has 0 saturated carbocycles. The van der Waals surface area contributed by atoms with Gasteiger partial charge >= 0.3 is 18.3 Å². The van der Waals surface area contributed by atoms with Crippen molar-refractivity contribution >= 4 is 98.3 Å². The van der Waals surface area contributed by atoms with Gasteiger partial charge in [-0.3, -0.25) is 27.8 Å². The summed E-state index contributed by atoms with van der Waals surface area (Å²) in [5.74, 6) is -0.332. The summed E-state index contributed by atoms with van der Waals surface area (Å²) in [5, 5.41) is 2.14. The van der Waals surface area contributed by atoms with Crippen molar-refractivity contribution in [2.24, 2.45) is 0 Å². The summed E-state index contributed by atoms with van der Waals surface area (Å²) < 4.78 is 64.1. The standard InChI is InChI=1S/C43H59N9O12P2S3Si2/c1-25-29-36(47-22-45-25)51(24-49-29)39-32-31(63-70(9,10)42(2,3)4)28(59-39)20-57-65(55,67)61-30-27(21-58-66(68,62-32)56-19-18-44-8)60-40(33(30)64-71(11,12)43(5,6)7)52-37-34(69-41(52)54)35(46-23-48-37)50-38(53)26-16-14-13-15-17-26/h13-17,22-24,27-28,30-33,39-40H,18-21H2,1-7,9-12H3,(H,55,67)(H,46,48,50,53)/t27-,28-,30-,31-,32-,33-,39-,40-,65?,66?/m1/s1. The van der Waals surface area contributed by atoms with Crippen LogP contribution in [0, 0.1) is 13.5 Å². The number of nitrogens with one attached hydrogen (secondary N) is 1. The molecule has 384 valence electrons. The molecule has 3 fully saturated rings. The second-order valence-corrected chi connectivity index (χ2v) is 36.6. The molecule has 71 heavy (non-hydrogen) atoms. The lowest BCUT2D eigenvalue weighted by Gasteiger charge is -2.41. The maximum absolute atomic E-state index is 14.4. The van der Waals surface area contributed by atoms with E-state index in [1.807, 2.05) is 20.0 Å². The minimum Gasteiger partial charge on any atom is -0.408 e. The van der Waals surface area contributed by atoms with E-state index in [9.17, 15) is 14.5 Å². The lowest BCUT2D eigenvalue weighted by Crippen LogP contribution is -2.50. The van der Waals surface area contributed by atoms with Gasteiger partial charge in [0, 0.05) is 5.56 Å². The Balaban J connectivity index is 1.23. The van der Waals surface area contributed by atoms with Crippen molar-refractivity contribution in [1.29, 1.82) is 0 Å². The molecule has 5 aromatic rings. The van der Waals surface area contributed by atoms with Crippen molar-refractivity contribution in [3.05, 3.63) is 81.7 Å². The van der Waals surface area contributed by atoms with E-state index in [4.69, 9.17) is 71.1 Å². The molecule has 2 bridgehead atoms. The molecule has 7 heterocycles. The topological polar surface area (TPSA) is 228 Å². The van der Waals surface area contributed by atoms with Gasteiger partial charge in [0.1, 0.15) is 66.1 Å². The van der Waals surface area contributed by atoms with Crippen molar-refractivity contribution in [3.8, 4) is 0 Å². The number of amides is 1. The van der Waals surface area contributed by atoms with Gasteiger partial charge in [0.15, 0.2) is 46.2 Å². The Morgan fingerprint density at radius 1 is 0.887 bits per heavy atom. The van der Waals surface area contributed by atoms with Crippen LogP contribution in [0.2, 0.25) is 36.3 Å². The summed E-state index contributed by atoms with van der Waals surface area (Å²) >= 11 is 12.9. The fourth-order valence-electron chi connectivity index (χ4n) is 7.71. The molecule has 1 aromatic carbocycles. The summed E-state index contributed by atoms with van der Waals surface area (Å²) in [7, 11) is -5.52. The third-order valence-electron chi connectivity index (χ3n) is 13.5. The predicted molar refractivity (Wildman–Crippen MR) is 278 cm³/mol. The van der Waals surface area contributed by atoms with Crippen LogP contribution in [0.1, 0.15) is 70.1 Å². The molecule has 2 unspecified atom stereocenters. The number of carbonyl (C=O) groups excluding carboxylic acids is 1. The average Bonchev–Trinajstić information content (AvgIpc) is 4.04. The molecule has 10 atom stereocenters. The van der Waals surface area contributed by atoms with E-state index < -0.39 is 96.5 Å². The van der Waals surface area contributed by atoms with Crippen molar-refractivity contribution in [1.82, 2.24) is 34.1 Å². The van der Waals surface area contributed by atoms with E-state index in [-0.39, 0.29) is 46.0 Å². The zero-order chi connectivity index (χ0) is 51.5. The molecule has 3 aliphatic heterocycles. The number of imidazole rings is 1. The number of thiazole rings is 1.